The summed E-state index contributed by atoms with van der Waals surface area (Å²) in [5.74, 6) is 0. The smallest absolute Gasteiger partial charge is 0.280 e. The number of fused-ring (bicyclic) bond motifs is 1. The predicted molar refractivity (Wildman–Crippen MR) is 94.8 cm³/mol. The Hall–Kier alpha value is -2.37. The van der Waals surface area contributed by atoms with Crippen molar-refractivity contribution >= 4 is 33.8 Å². The van der Waals surface area contributed by atoms with E-state index in [1.165, 1.54) is 4.68 Å². The highest BCUT2D eigenvalue weighted by Crippen LogP contribution is 2.32. The molecule has 0 bridgehead atoms. The number of rotatable bonds is 2. The van der Waals surface area contributed by atoms with E-state index in [9.17, 15) is 4.79 Å². The van der Waals surface area contributed by atoms with Crippen molar-refractivity contribution in [2.24, 2.45) is 0 Å². The highest BCUT2D eigenvalue weighted by Gasteiger charge is 2.16. The summed E-state index contributed by atoms with van der Waals surface area (Å²) < 4.78 is 1.53. The van der Waals surface area contributed by atoms with Gasteiger partial charge in [0.05, 0.1) is 16.6 Å². The van der Waals surface area contributed by atoms with Gasteiger partial charge in [-0.3, -0.25) is 14.9 Å². The number of aromatic amines is 1. The van der Waals surface area contributed by atoms with E-state index in [4.69, 9.17) is 11.6 Å². The van der Waals surface area contributed by atoms with E-state index >= 15 is 0 Å². The minimum atomic E-state index is -0.118. The quantitative estimate of drug-likeness (QED) is 0.587. The SMILES string of the molecule is Cc1ncc2c(=O)n(-c3ccc(Cl)cc3)[nH]c2c1-c1cccs1. The maximum atomic E-state index is 12.7. The molecule has 6 heteroatoms. The molecule has 0 unspecified atom stereocenters. The number of aromatic nitrogens is 3. The lowest BCUT2D eigenvalue weighted by molar-refractivity contribution is 0.864. The Balaban J connectivity index is 2.03. The van der Waals surface area contributed by atoms with Crippen molar-refractivity contribution < 1.29 is 0 Å². The Morgan fingerprint density at radius 2 is 2.00 bits per heavy atom. The molecule has 114 valence electrons. The first kappa shape index (κ1) is 14.2. The van der Waals surface area contributed by atoms with Crippen LogP contribution in [0.5, 0.6) is 0 Å². The van der Waals surface area contributed by atoms with Crippen LogP contribution in [0.15, 0.2) is 52.8 Å². The maximum Gasteiger partial charge on any atom is 0.280 e. The van der Waals surface area contributed by atoms with Gasteiger partial charge in [-0.15, -0.1) is 11.3 Å². The topological polar surface area (TPSA) is 50.7 Å². The molecule has 0 radical (unpaired) electrons. The fourth-order valence-electron chi connectivity index (χ4n) is 2.66. The van der Waals surface area contributed by atoms with E-state index in [0.29, 0.717) is 10.4 Å². The van der Waals surface area contributed by atoms with Gasteiger partial charge in [0.25, 0.3) is 5.56 Å². The third-order valence-electron chi connectivity index (χ3n) is 3.78. The molecular formula is C17H12ClN3OS. The summed E-state index contributed by atoms with van der Waals surface area (Å²) in [5, 5.41) is 6.45. The normalized spacial score (nSPS) is 11.2. The first-order valence-electron chi connectivity index (χ1n) is 7.05. The fraction of sp³-hybridized carbons (Fsp3) is 0.0588. The number of halogens is 1. The van der Waals surface area contributed by atoms with Crippen molar-refractivity contribution in [1.29, 1.82) is 0 Å². The molecule has 4 rings (SSSR count). The second-order valence-corrected chi connectivity index (χ2v) is 6.60. The van der Waals surface area contributed by atoms with Crippen molar-refractivity contribution in [1.82, 2.24) is 14.8 Å². The number of nitrogens with zero attached hydrogens (tertiary/aromatic N) is 2. The molecule has 0 aliphatic rings. The Bertz CT molecular complexity index is 1050. The van der Waals surface area contributed by atoms with Gasteiger partial charge >= 0.3 is 0 Å². The van der Waals surface area contributed by atoms with Crippen molar-refractivity contribution in [3.63, 3.8) is 0 Å². The average Bonchev–Trinajstić information content (AvgIpc) is 3.17. The Morgan fingerprint density at radius 3 is 2.70 bits per heavy atom. The summed E-state index contributed by atoms with van der Waals surface area (Å²) in [5.41, 5.74) is 3.30. The molecule has 0 fully saturated rings. The van der Waals surface area contributed by atoms with E-state index in [2.05, 4.69) is 10.1 Å². The first-order chi connectivity index (χ1) is 11.1. The standard InChI is InChI=1S/C17H12ClN3OS/c1-10-15(14-3-2-8-23-14)16-13(9-19-10)17(22)21(20-16)12-6-4-11(18)5-7-12/h2-9,20H,1H3. The summed E-state index contributed by atoms with van der Waals surface area (Å²) >= 11 is 7.55. The number of benzene rings is 1. The van der Waals surface area contributed by atoms with Gasteiger partial charge in [0.15, 0.2) is 0 Å². The molecule has 4 aromatic rings. The van der Waals surface area contributed by atoms with Gasteiger partial charge in [0, 0.05) is 27.4 Å². The molecular weight excluding hydrogens is 330 g/mol. The molecule has 3 aromatic heterocycles. The van der Waals surface area contributed by atoms with Gasteiger partial charge in [-0.05, 0) is 42.6 Å². The molecule has 0 amide bonds. The van der Waals surface area contributed by atoms with Crippen LogP contribution in [-0.4, -0.2) is 14.8 Å². The number of aryl methyl sites for hydroxylation is 1. The molecule has 0 atom stereocenters. The minimum Gasteiger partial charge on any atom is -0.289 e. The number of thiophene rings is 1. The average molecular weight is 342 g/mol. The van der Waals surface area contributed by atoms with Crippen LogP contribution in [0.2, 0.25) is 5.02 Å². The largest absolute Gasteiger partial charge is 0.289 e. The lowest BCUT2D eigenvalue weighted by Gasteiger charge is -2.04. The number of hydrogen-bond donors (Lipinski definition) is 1. The first-order valence-corrected chi connectivity index (χ1v) is 8.31. The third-order valence-corrected chi connectivity index (χ3v) is 4.92. The summed E-state index contributed by atoms with van der Waals surface area (Å²) in [6.07, 6.45) is 1.63. The summed E-state index contributed by atoms with van der Waals surface area (Å²) in [6, 6.07) is 11.2. The van der Waals surface area contributed by atoms with Crippen LogP contribution in [0.1, 0.15) is 5.69 Å². The van der Waals surface area contributed by atoms with Crippen molar-refractivity contribution in [3.8, 4) is 16.1 Å². The van der Waals surface area contributed by atoms with Gasteiger partial charge in [-0.1, -0.05) is 17.7 Å². The van der Waals surface area contributed by atoms with E-state index in [-0.39, 0.29) is 5.56 Å². The molecule has 23 heavy (non-hydrogen) atoms. The van der Waals surface area contributed by atoms with Crippen LogP contribution in [0.25, 0.3) is 27.0 Å². The Labute approximate surface area is 141 Å². The highest BCUT2D eigenvalue weighted by atomic mass is 35.5. The lowest BCUT2D eigenvalue weighted by Crippen LogP contribution is -2.14. The second-order valence-electron chi connectivity index (χ2n) is 5.21. The molecule has 0 aliphatic heterocycles. The minimum absolute atomic E-state index is 0.118. The lowest BCUT2D eigenvalue weighted by atomic mass is 10.1. The third kappa shape index (κ3) is 2.29. The van der Waals surface area contributed by atoms with Crippen LogP contribution in [0.4, 0.5) is 0 Å². The number of pyridine rings is 1. The molecule has 0 spiro atoms. The number of nitrogens with one attached hydrogen (secondary N) is 1. The molecule has 4 nitrogen and oxygen atoms in total. The van der Waals surface area contributed by atoms with E-state index in [1.54, 1.807) is 29.7 Å². The van der Waals surface area contributed by atoms with E-state index in [0.717, 1.165) is 27.3 Å². The van der Waals surface area contributed by atoms with Crippen LogP contribution < -0.4 is 5.56 Å². The molecule has 0 aliphatic carbocycles. The van der Waals surface area contributed by atoms with Gasteiger partial charge in [0.1, 0.15) is 0 Å². The predicted octanol–water partition coefficient (Wildman–Crippen LogP) is 4.40. The van der Waals surface area contributed by atoms with Crippen LogP contribution in [-0.2, 0) is 0 Å². The monoisotopic (exact) mass is 341 g/mol. The van der Waals surface area contributed by atoms with Crippen LogP contribution in [0, 0.1) is 6.92 Å². The zero-order valence-corrected chi connectivity index (χ0v) is 13.8. The number of hydrogen-bond acceptors (Lipinski definition) is 3. The summed E-state index contributed by atoms with van der Waals surface area (Å²) in [4.78, 5) is 18.2. The fourth-order valence-corrected chi connectivity index (χ4v) is 3.62. The van der Waals surface area contributed by atoms with Crippen LogP contribution in [0.3, 0.4) is 0 Å². The van der Waals surface area contributed by atoms with Crippen LogP contribution >= 0.6 is 22.9 Å². The van der Waals surface area contributed by atoms with E-state index in [1.807, 2.05) is 36.6 Å². The van der Waals surface area contributed by atoms with Crippen molar-refractivity contribution in [2.45, 2.75) is 6.92 Å². The molecule has 3 heterocycles. The van der Waals surface area contributed by atoms with Gasteiger partial charge < -0.3 is 0 Å². The number of H-pyrrole nitrogens is 1. The summed E-state index contributed by atoms with van der Waals surface area (Å²) in [7, 11) is 0. The van der Waals surface area contributed by atoms with Gasteiger partial charge in [0.2, 0.25) is 0 Å². The maximum absolute atomic E-state index is 12.7. The zero-order valence-electron chi connectivity index (χ0n) is 12.2. The second kappa shape index (κ2) is 5.37. The molecule has 0 saturated heterocycles. The van der Waals surface area contributed by atoms with Crippen molar-refractivity contribution in [2.75, 3.05) is 0 Å². The van der Waals surface area contributed by atoms with Gasteiger partial charge in [-0.2, -0.15) is 0 Å². The molecule has 0 saturated carbocycles. The zero-order chi connectivity index (χ0) is 16.0. The van der Waals surface area contributed by atoms with E-state index < -0.39 is 0 Å². The van der Waals surface area contributed by atoms with Crippen molar-refractivity contribution in [3.05, 3.63) is 69.0 Å². The van der Waals surface area contributed by atoms with Gasteiger partial charge in [-0.25, -0.2) is 4.68 Å². The highest BCUT2D eigenvalue weighted by molar-refractivity contribution is 7.13. The Kier molecular flexibility index (Phi) is 3.32. The molecule has 1 aromatic carbocycles. The molecule has 1 N–H and O–H groups in total. The Morgan fingerprint density at radius 1 is 1.22 bits per heavy atom. The summed E-state index contributed by atoms with van der Waals surface area (Å²) in [6.45, 7) is 1.95.